The van der Waals surface area contributed by atoms with Gasteiger partial charge in [-0.15, -0.1) is 5.10 Å². The van der Waals surface area contributed by atoms with Crippen molar-refractivity contribution < 1.29 is 20.1 Å². The maximum absolute atomic E-state index is 10.3. The molecule has 0 unspecified atom stereocenters. The molecule has 0 aliphatic carbocycles. The Morgan fingerprint density at radius 3 is 2.67 bits per heavy atom. The van der Waals surface area contributed by atoms with Gasteiger partial charge >= 0.3 is 0 Å². The molecule has 2 aromatic heterocycles. The second-order valence-corrected chi connectivity index (χ2v) is 6.58. The Balaban J connectivity index is 1.66. The van der Waals surface area contributed by atoms with Gasteiger partial charge in [-0.05, 0) is 17.2 Å². The summed E-state index contributed by atoms with van der Waals surface area (Å²) in [6, 6.07) is 9.77. The number of imidazole rings is 1. The van der Waals surface area contributed by atoms with Crippen molar-refractivity contribution in [2.24, 2.45) is 0 Å². The van der Waals surface area contributed by atoms with Crippen LogP contribution in [0.1, 0.15) is 17.4 Å². The highest BCUT2D eigenvalue weighted by molar-refractivity contribution is 6.28. The number of fused-ring (bicyclic) bond motifs is 1. The molecule has 0 spiro atoms. The SMILES string of the molecule is OC[C@H]1O[C@@H](c2cnc3c(NCc4ccccc4)nc(Cl)nn23)[C@H](O)[C@@H]1O. The quantitative estimate of drug-likeness (QED) is 0.496. The molecule has 142 valence electrons. The van der Waals surface area contributed by atoms with Gasteiger partial charge in [0.2, 0.25) is 5.28 Å². The molecule has 4 atom stereocenters. The lowest BCUT2D eigenvalue weighted by molar-refractivity contribution is -0.0244. The summed E-state index contributed by atoms with van der Waals surface area (Å²) in [6.07, 6.45) is -2.74. The van der Waals surface area contributed by atoms with Crippen LogP contribution < -0.4 is 5.32 Å². The van der Waals surface area contributed by atoms with Crippen molar-refractivity contribution >= 4 is 23.1 Å². The van der Waals surface area contributed by atoms with E-state index < -0.39 is 31.0 Å². The van der Waals surface area contributed by atoms with E-state index in [2.05, 4.69) is 20.4 Å². The molecule has 9 nitrogen and oxygen atoms in total. The summed E-state index contributed by atoms with van der Waals surface area (Å²) in [5.41, 5.74) is 1.86. The number of nitrogens with zero attached hydrogens (tertiary/aromatic N) is 4. The van der Waals surface area contributed by atoms with Crippen molar-refractivity contribution in [1.29, 1.82) is 0 Å². The fourth-order valence-electron chi connectivity index (χ4n) is 3.11. The minimum absolute atomic E-state index is 0.0101. The average molecular weight is 392 g/mol. The molecule has 1 aliphatic rings. The van der Waals surface area contributed by atoms with Crippen molar-refractivity contribution in [2.45, 2.75) is 31.0 Å². The first-order valence-electron chi connectivity index (χ1n) is 8.40. The number of nitrogens with one attached hydrogen (secondary N) is 1. The fourth-order valence-corrected chi connectivity index (χ4v) is 3.27. The van der Waals surface area contributed by atoms with Crippen LogP contribution in [0.15, 0.2) is 36.5 Å². The highest BCUT2D eigenvalue weighted by Gasteiger charge is 2.44. The topological polar surface area (TPSA) is 125 Å². The summed E-state index contributed by atoms with van der Waals surface area (Å²) in [5, 5.41) is 36.8. The molecule has 1 aliphatic heterocycles. The molecule has 0 bridgehead atoms. The van der Waals surface area contributed by atoms with Gasteiger partial charge in [-0.2, -0.15) is 4.98 Å². The van der Waals surface area contributed by atoms with Gasteiger partial charge in [-0.1, -0.05) is 30.3 Å². The number of aliphatic hydroxyl groups excluding tert-OH is 3. The number of hydrogen-bond donors (Lipinski definition) is 4. The van der Waals surface area contributed by atoms with E-state index in [-0.39, 0.29) is 5.28 Å². The lowest BCUT2D eigenvalue weighted by Crippen LogP contribution is -2.32. The molecule has 0 amide bonds. The van der Waals surface area contributed by atoms with Crippen LogP contribution in [0.25, 0.3) is 5.65 Å². The van der Waals surface area contributed by atoms with E-state index in [0.29, 0.717) is 23.7 Å². The van der Waals surface area contributed by atoms with Gasteiger partial charge < -0.3 is 25.4 Å². The molecule has 10 heteroatoms. The first kappa shape index (κ1) is 18.1. The molecular weight excluding hydrogens is 374 g/mol. The van der Waals surface area contributed by atoms with E-state index in [1.165, 1.54) is 10.7 Å². The molecule has 27 heavy (non-hydrogen) atoms. The van der Waals surface area contributed by atoms with E-state index in [9.17, 15) is 15.3 Å². The van der Waals surface area contributed by atoms with Crippen LogP contribution in [0, 0.1) is 0 Å². The predicted molar refractivity (Wildman–Crippen MR) is 96.3 cm³/mol. The molecule has 3 heterocycles. The second-order valence-electron chi connectivity index (χ2n) is 6.25. The smallest absolute Gasteiger partial charge is 0.243 e. The largest absolute Gasteiger partial charge is 0.394 e. The summed E-state index contributed by atoms with van der Waals surface area (Å²) in [4.78, 5) is 8.50. The normalized spacial score (nSPS) is 25.2. The van der Waals surface area contributed by atoms with Crippen LogP contribution in [0.2, 0.25) is 5.28 Å². The third-order valence-electron chi connectivity index (χ3n) is 4.50. The summed E-state index contributed by atoms with van der Waals surface area (Å²) in [6.45, 7) is 0.102. The number of aromatic nitrogens is 4. The lowest BCUT2D eigenvalue weighted by Gasteiger charge is -2.14. The highest BCUT2D eigenvalue weighted by Crippen LogP contribution is 2.34. The Labute approximate surface area is 159 Å². The maximum Gasteiger partial charge on any atom is 0.243 e. The van der Waals surface area contributed by atoms with Gasteiger partial charge in [-0.25, -0.2) is 9.50 Å². The van der Waals surface area contributed by atoms with Crippen molar-refractivity contribution in [2.75, 3.05) is 11.9 Å². The zero-order valence-electron chi connectivity index (χ0n) is 14.1. The maximum atomic E-state index is 10.3. The Morgan fingerprint density at radius 1 is 1.19 bits per heavy atom. The van der Waals surface area contributed by atoms with Crippen LogP contribution in [-0.2, 0) is 11.3 Å². The predicted octanol–water partition coefficient (Wildman–Crippen LogP) is 0.544. The Morgan fingerprint density at radius 2 is 1.96 bits per heavy atom. The average Bonchev–Trinajstić information content (AvgIpc) is 3.22. The zero-order valence-corrected chi connectivity index (χ0v) is 14.9. The summed E-state index contributed by atoms with van der Waals surface area (Å²) in [7, 11) is 0. The molecule has 4 N–H and O–H groups in total. The van der Waals surface area contributed by atoms with Crippen molar-refractivity contribution in [3.8, 4) is 0 Å². The summed E-state index contributed by atoms with van der Waals surface area (Å²) < 4.78 is 6.98. The highest BCUT2D eigenvalue weighted by atomic mass is 35.5. The number of rotatable bonds is 5. The Kier molecular flexibility index (Phi) is 4.94. The minimum Gasteiger partial charge on any atom is -0.394 e. The molecule has 3 aromatic rings. The Bertz CT molecular complexity index is 938. The van der Waals surface area contributed by atoms with Gasteiger partial charge in [0, 0.05) is 6.54 Å². The number of aliphatic hydroxyl groups is 3. The third kappa shape index (κ3) is 3.35. The molecule has 1 aromatic carbocycles. The van der Waals surface area contributed by atoms with Crippen molar-refractivity contribution in [3.63, 3.8) is 0 Å². The first-order valence-corrected chi connectivity index (χ1v) is 8.77. The van der Waals surface area contributed by atoms with Crippen LogP contribution >= 0.6 is 11.6 Å². The molecule has 4 rings (SSSR count). The van der Waals surface area contributed by atoms with Crippen LogP contribution in [0.5, 0.6) is 0 Å². The standard InChI is InChI=1S/C17H18ClN5O4/c18-17-21-15(19-6-9-4-2-1-3-5-9)16-20-7-10(23(16)22-17)14-13(26)12(25)11(8-24)27-14/h1-5,7,11-14,24-26H,6,8H2,(H,19,21,22)/t11-,12-,13-,14+/m1/s1. The van der Waals surface area contributed by atoms with Crippen LogP contribution in [0.3, 0.4) is 0 Å². The monoisotopic (exact) mass is 391 g/mol. The van der Waals surface area contributed by atoms with Crippen LogP contribution in [0.4, 0.5) is 5.82 Å². The van der Waals surface area contributed by atoms with Gasteiger partial charge in [0.15, 0.2) is 11.5 Å². The number of benzene rings is 1. The molecule has 0 saturated carbocycles. The van der Waals surface area contributed by atoms with Crippen molar-refractivity contribution in [3.05, 3.63) is 53.1 Å². The molecule has 1 saturated heterocycles. The minimum atomic E-state index is -1.23. The summed E-state index contributed by atoms with van der Waals surface area (Å²) >= 11 is 6.06. The molecule has 0 radical (unpaired) electrons. The van der Waals surface area contributed by atoms with Crippen LogP contribution in [-0.4, -0.2) is 59.8 Å². The van der Waals surface area contributed by atoms with E-state index in [0.717, 1.165) is 5.56 Å². The summed E-state index contributed by atoms with van der Waals surface area (Å²) in [5.74, 6) is 0.428. The first-order chi connectivity index (χ1) is 13.1. The number of halogens is 1. The number of anilines is 1. The van der Waals surface area contributed by atoms with Gasteiger partial charge in [0.1, 0.15) is 24.4 Å². The fraction of sp³-hybridized carbons (Fsp3) is 0.353. The number of hydrogen-bond acceptors (Lipinski definition) is 8. The van der Waals surface area contributed by atoms with Gasteiger partial charge in [-0.3, -0.25) is 0 Å². The molecular formula is C17H18ClN5O4. The van der Waals surface area contributed by atoms with E-state index in [1.54, 1.807) is 0 Å². The second kappa shape index (κ2) is 7.37. The van der Waals surface area contributed by atoms with E-state index in [1.807, 2.05) is 30.3 Å². The molecule has 1 fully saturated rings. The van der Waals surface area contributed by atoms with Gasteiger partial charge in [0.05, 0.1) is 18.5 Å². The van der Waals surface area contributed by atoms with Gasteiger partial charge in [0.25, 0.3) is 0 Å². The van der Waals surface area contributed by atoms with E-state index in [4.69, 9.17) is 16.3 Å². The number of ether oxygens (including phenoxy) is 1. The third-order valence-corrected chi connectivity index (χ3v) is 4.66. The Hall–Kier alpha value is -2.30. The lowest BCUT2D eigenvalue weighted by atomic mass is 10.1. The van der Waals surface area contributed by atoms with Crippen molar-refractivity contribution in [1.82, 2.24) is 19.6 Å². The zero-order chi connectivity index (χ0) is 19.0. The van der Waals surface area contributed by atoms with E-state index >= 15 is 0 Å².